The van der Waals surface area contributed by atoms with Crippen molar-refractivity contribution < 1.29 is 19.4 Å². The molecule has 0 unspecified atom stereocenters. The van der Waals surface area contributed by atoms with Gasteiger partial charge in [-0.15, -0.1) is 5.75 Å². The second kappa shape index (κ2) is 3.37. The molecule has 5 heteroatoms. The highest BCUT2D eigenvalue weighted by Crippen LogP contribution is 2.21. The molecule has 5 nitrogen and oxygen atoms in total. The second-order valence-corrected chi connectivity index (χ2v) is 3.35. The van der Waals surface area contributed by atoms with Gasteiger partial charge in [-0.2, -0.15) is 0 Å². The van der Waals surface area contributed by atoms with E-state index in [0.29, 0.717) is 10.9 Å². The smallest absolute Gasteiger partial charge is 0.351 e. The van der Waals surface area contributed by atoms with Gasteiger partial charge in [-0.3, -0.25) is 0 Å². The molecule has 0 bridgehead atoms. The number of carboxylic acids is 1. The quantitative estimate of drug-likeness (QED) is 0.718. The van der Waals surface area contributed by atoms with Crippen LogP contribution >= 0.6 is 0 Å². The first-order valence-electron chi connectivity index (χ1n) is 4.48. The van der Waals surface area contributed by atoms with E-state index in [0.717, 1.165) is 6.07 Å². The molecule has 0 aliphatic heterocycles. The molecular weight excluding hydrogens is 212 g/mol. The Morgan fingerprint density at radius 2 is 2.12 bits per heavy atom. The van der Waals surface area contributed by atoms with Crippen molar-refractivity contribution in [2.75, 3.05) is 0 Å². The molecule has 0 aliphatic rings. The minimum absolute atomic E-state index is 0.111. The lowest BCUT2D eigenvalue weighted by Gasteiger charge is -2.08. The van der Waals surface area contributed by atoms with Gasteiger partial charge in [-0.05, 0) is 18.6 Å². The monoisotopic (exact) mass is 219 g/mol. The molecule has 82 valence electrons. The van der Waals surface area contributed by atoms with Crippen molar-refractivity contribution in [3.8, 4) is 5.75 Å². The van der Waals surface area contributed by atoms with E-state index in [1.54, 1.807) is 0 Å². The van der Waals surface area contributed by atoms with Crippen LogP contribution in [0.15, 0.2) is 27.4 Å². The van der Waals surface area contributed by atoms with Gasteiger partial charge in [0, 0.05) is 5.39 Å². The number of benzene rings is 1. The zero-order chi connectivity index (χ0) is 11.9. The first kappa shape index (κ1) is 10.2. The van der Waals surface area contributed by atoms with Crippen molar-refractivity contribution >= 4 is 16.9 Å². The van der Waals surface area contributed by atoms with Crippen LogP contribution in [0.2, 0.25) is 0 Å². The Labute approximate surface area is 89.6 Å². The minimum atomic E-state index is -1.33. The summed E-state index contributed by atoms with van der Waals surface area (Å²) in [7, 11) is 0. The van der Waals surface area contributed by atoms with Crippen LogP contribution in [0.1, 0.15) is 15.9 Å². The van der Waals surface area contributed by atoms with Gasteiger partial charge in [0.25, 0.3) is 0 Å². The highest BCUT2D eigenvalue weighted by Gasteiger charge is 2.16. The van der Waals surface area contributed by atoms with E-state index >= 15 is 0 Å². The normalized spacial score (nSPS) is 10.6. The third kappa shape index (κ3) is 1.42. The second-order valence-electron chi connectivity index (χ2n) is 3.35. The molecule has 1 N–H and O–H groups in total. The van der Waals surface area contributed by atoms with Crippen molar-refractivity contribution in [3.05, 3.63) is 39.7 Å². The molecule has 1 heterocycles. The number of hydrogen-bond donors (Lipinski definition) is 1. The zero-order valence-electron chi connectivity index (χ0n) is 8.31. The summed E-state index contributed by atoms with van der Waals surface area (Å²) >= 11 is 0. The lowest BCUT2D eigenvalue weighted by molar-refractivity contribution is -0.268. The van der Waals surface area contributed by atoms with Crippen LogP contribution in [0.4, 0.5) is 0 Å². The molecule has 0 radical (unpaired) electrons. The van der Waals surface area contributed by atoms with E-state index in [-0.39, 0.29) is 11.3 Å². The van der Waals surface area contributed by atoms with Gasteiger partial charge in [0.05, 0.1) is 0 Å². The standard InChI is InChI=1S/C11H8O5/c1-5-7-3-2-6(12)4-8(7)16-11(15)9(5)10(13)14/h2-4,12H,1H3,(H,13,14)/p-1. The van der Waals surface area contributed by atoms with E-state index in [9.17, 15) is 14.7 Å². The third-order valence-electron chi connectivity index (χ3n) is 2.35. The van der Waals surface area contributed by atoms with Crippen molar-refractivity contribution in [2.45, 2.75) is 6.92 Å². The molecule has 2 rings (SSSR count). The SMILES string of the molecule is Cc1c(C(=O)O)c(=O)oc2cc([O-])ccc12. The van der Waals surface area contributed by atoms with E-state index in [1.165, 1.54) is 19.1 Å². The van der Waals surface area contributed by atoms with Gasteiger partial charge in [0.2, 0.25) is 0 Å². The largest absolute Gasteiger partial charge is 0.872 e. The van der Waals surface area contributed by atoms with E-state index in [2.05, 4.69) is 0 Å². The van der Waals surface area contributed by atoms with E-state index in [1.807, 2.05) is 0 Å². The Bertz CT molecular complexity index is 639. The number of rotatable bonds is 1. The summed E-state index contributed by atoms with van der Waals surface area (Å²) < 4.78 is 4.78. The fourth-order valence-electron chi connectivity index (χ4n) is 1.58. The number of carboxylic acid groups (broad SMARTS) is 1. The van der Waals surface area contributed by atoms with Crippen molar-refractivity contribution in [1.82, 2.24) is 0 Å². The van der Waals surface area contributed by atoms with Crippen LogP contribution in [0, 0.1) is 6.92 Å². The van der Waals surface area contributed by atoms with Gasteiger partial charge >= 0.3 is 11.6 Å². The summed E-state index contributed by atoms with van der Waals surface area (Å²) in [4.78, 5) is 22.2. The Balaban J connectivity index is 2.94. The van der Waals surface area contributed by atoms with E-state index < -0.39 is 17.2 Å². The van der Waals surface area contributed by atoms with Crippen LogP contribution in [-0.4, -0.2) is 11.1 Å². The minimum Gasteiger partial charge on any atom is -0.872 e. The zero-order valence-corrected chi connectivity index (χ0v) is 8.31. The molecule has 0 saturated heterocycles. The molecule has 16 heavy (non-hydrogen) atoms. The highest BCUT2D eigenvalue weighted by atomic mass is 16.4. The fraction of sp³-hybridized carbons (Fsp3) is 0.0909. The number of aryl methyl sites for hydroxylation is 1. The Hall–Kier alpha value is -2.30. The Kier molecular flexibility index (Phi) is 2.16. The molecule has 0 spiro atoms. The maximum Gasteiger partial charge on any atom is 0.351 e. The number of hydrogen-bond acceptors (Lipinski definition) is 4. The van der Waals surface area contributed by atoms with Gasteiger partial charge in [-0.1, -0.05) is 12.1 Å². The molecule has 1 aromatic heterocycles. The predicted molar refractivity (Wildman–Crippen MR) is 53.6 cm³/mol. The lowest BCUT2D eigenvalue weighted by Crippen LogP contribution is -2.15. The predicted octanol–water partition coefficient (Wildman–Crippen LogP) is 0.873. The summed E-state index contributed by atoms with van der Waals surface area (Å²) in [5, 5.41) is 20.3. The van der Waals surface area contributed by atoms with Crippen LogP contribution in [0.25, 0.3) is 11.0 Å². The first-order chi connectivity index (χ1) is 7.50. The summed E-state index contributed by atoms with van der Waals surface area (Å²) in [6, 6.07) is 3.90. The topological polar surface area (TPSA) is 90.6 Å². The molecule has 0 fully saturated rings. The summed E-state index contributed by atoms with van der Waals surface area (Å²) in [5.41, 5.74) is -0.923. The Morgan fingerprint density at radius 1 is 1.44 bits per heavy atom. The van der Waals surface area contributed by atoms with Crippen LogP contribution in [-0.2, 0) is 0 Å². The lowest BCUT2D eigenvalue weighted by atomic mass is 10.1. The van der Waals surface area contributed by atoms with Crippen LogP contribution < -0.4 is 10.7 Å². The Morgan fingerprint density at radius 3 is 2.75 bits per heavy atom. The van der Waals surface area contributed by atoms with Crippen molar-refractivity contribution in [3.63, 3.8) is 0 Å². The maximum absolute atomic E-state index is 11.4. The molecular formula is C11H7O5-. The number of carbonyl (C=O) groups is 1. The van der Waals surface area contributed by atoms with Crippen molar-refractivity contribution in [2.24, 2.45) is 0 Å². The van der Waals surface area contributed by atoms with Gasteiger partial charge in [0.15, 0.2) is 0 Å². The van der Waals surface area contributed by atoms with Crippen molar-refractivity contribution in [1.29, 1.82) is 0 Å². The van der Waals surface area contributed by atoms with Crippen LogP contribution in [0.5, 0.6) is 5.75 Å². The molecule has 0 saturated carbocycles. The summed E-state index contributed by atoms with van der Waals surface area (Å²) in [6.45, 7) is 1.51. The number of fused-ring (bicyclic) bond motifs is 1. The summed E-state index contributed by atoms with van der Waals surface area (Å²) in [5.74, 6) is -1.63. The van der Waals surface area contributed by atoms with Gasteiger partial charge in [-0.25, -0.2) is 9.59 Å². The first-order valence-corrected chi connectivity index (χ1v) is 4.48. The molecule has 0 atom stereocenters. The third-order valence-corrected chi connectivity index (χ3v) is 2.35. The molecule has 0 amide bonds. The van der Waals surface area contributed by atoms with E-state index in [4.69, 9.17) is 9.52 Å². The average Bonchev–Trinajstić information content (AvgIpc) is 2.15. The molecule has 2 aromatic rings. The van der Waals surface area contributed by atoms with Gasteiger partial charge in [0.1, 0.15) is 11.1 Å². The molecule has 1 aromatic carbocycles. The maximum atomic E-state index is 11.4. The number of aromatic carboxylic acids is 1. The fourth-order valence-corrected chi connectivity index (χ4v) is 1.58. The highest BCUT2D eigenvalue weighted by molar-refractivity contribution is 5.95. The molecule has 0 aliphatic carbocycles. The van der Waals surface area contributed by atoms with Crippen LogP contribution in [0.3, 0.4) is 0 Å². The summed E-state index contributed by atoms with van der Waals surface area (Å²) in [6.07, 6.45) is 0. The average molecular weight is 219 g/mol. The van der Waals surface area contributed by atoms with Gasteiger partial charge < -0.3 is 14.6 Å².